The first kappa shape index (κ1) is 81.6. The van der Waals surface area contributed by atoms with Crippen molar-refractivity contribution in [2.24, 2.45) is 5.41 Å². The molecule has 4 amide bonds. The summed E-state index contributed by atoms with van der Waals surface area (Å²) in [5, 5.41) is 12.1. The van der Waals surface area contributed by atoms with E-state index in [4.69, 9.17) is 56.8 Å². The van der Waals surface area contributed by atoms with E-state index < -0.39 is 11.5 Å². The van der Waals surface area contributed by atoms with Crippen molar-refractivity contribution in [1.29, 1.82) is 0 Å². The third kappa shape index (κ3) is 46.1. The zero-order valence-corrected chi connectivity index (χ0v) is 58.2. The Hall–Kier alpha value is -1.86. The number of nitrogens with one attached hydrogen (secondary N) is 4. The van der Waals surface area contributed by atoms with Crippen molar-refractivity contribution in [1.82, 2.24) is 21.3 Å². The topological polar surface area (TPSA) is 261 Å². The molecule has 4 saturated heterocycles. The number of ether oxygens (including phenoxy) is 12. The number of ketones is 1. The number of amides is 4. The lowest BCUT2D eigenvalue weighted by molar-refractivity contribution is -0.127. The highest BCUT2D eigenvalue weighted by Crippen LogP contribution is 2.23. The van der Waals surface area contributed by atoms with Gasteiger partial charge < -0.3 is 78.1 Å². The SMILES string of the molecule is O=C(CCCOCCOCCOCC(COCCOCCOCCCCCCC(=O)NC1CCSC1)(COCCOCCOCCCCCCC(=O)NC1CCSC1)COCCOCCOCCCCCCC(=O)NC1CCSC1)CCC(=O)NC1CCSC1=O. The molecule has 4 unspecified atom stereocenters. The fraction of sp³-hybridized carbons (Fsp3) is 0.908. The zero-order valence-electron chi connectivity index (χ0n) is 55.0. The average molecular weight is 1370 g/mol. The number of carbonyl (C=O) groups excluding carboxylic acids is 6. The summed E-state index contributed by atoms with van der Waals surface area (Å²) in [4.78, 5) is 73.0. The minimum Gasteiger partial charge on any atom is -0.379 e. The molecule has 91 heavy (non-hydrogen) atoms. The van der Waals surface area contributed by atoms with Crippen LogP contribution in [0.15, 0.2) is 0 Å². The predicted octanol–water partition coefficient (Wildman–Crippen LogP) is 7.17. The number of Topliss-reactive ketones (excluding diaryl/α,β-unsaturated/α-hetero) is 1. The Bertz CT molecular complexity index is 1720. The van der Waals surface area contributed by atoms with Gasteiger partial charge in [0.25, 0.3) is 0 Å². The summed E-state index contributed by atoms with van der Waals surface area (Å²) in [6.45, 7) is 9.66. The van der Waals surface area contributed by atoms with Gasteiger partial charge in [0.15, 0.2) is 0 Å². The van der Waals surface area contributed by atoms with Crippen LogP contribution in [-0.2, 0) is 85.6 Å². The van der Waals surface area contributed by atoms with Gasteiger partial charge in [-0.2, -0.15) is 35.3 Å². The highest BCUT2D eigenvalue weighted by molar-refractivity contribution is 8.14. The molecule has 4 atom stereocenters. The van der Waals surface area contributed by atoms with Gasteiger partial charge in [-0.3, -0.25) is 28.8 Å². The van der Waals surface area contributed by atoms with Crippen molar-refractivity contribution in [3.05, 3.63) is 0 Å². The summed E-state index contributed by atoms with van der Waals surface area (Å²) >= 11 is 6.93. The first-order valence-electron chi connectivity index (χ1n) is 34.2. The van der Waals surface area contributed by atoms with Crippen LogP contribution in [0.5, 0.6) is 0 Å². The van der Waals surface area contributed by atoms with E-state index in [1.54, 1.807) is 0 Å². The van der Waals surface area contributed by atoms with Gasteiger partial charge in [-0.1, -0.05) is 50.3 Å². The molecule has 4 heterocycles. The molecule has 4 N–H and O–H groups in total. The summed E-state index contributed by atoms with van der Waals surface area (Å²) in [6.07, 6.45) is 18.3. The van der Waals surface area contributed by atoms with Gasteiger partial charge in [0.05, 0.1) is 144 Å². The Morgan fingerprint density at radius 1 is 0.319 bits per heavy atom. The van der Waals surface area contributed by atoms with Crippen molar-refractivity contribution in [2.75, 3.05) is 199 Å². The lowest BCUT2D eigenvalue weighted by Gasteiger charge is -2.33. The van der Waals surface area contributed by atoms with Crippen LogP contribution in [0.3, 0.4) is 0 Å². The van der Waals surface area contributed by atoms with Crippen molar-refractivity contribution in [3.63, 3.8) is 0 Å². The van der Waals surface area contributed by atoms with Crippen LogP contribution >= 0.6 is 47.0 Å². The summed E-state index contributed by atoms with van der Waals surface area (Å²) in [7, 11) is 0. The molecule has 22 nitrogen and oxygen atoms in total. The van der Waals surface area contributed by atoms with Crippen LogP contribution in [-0.4, -0.2) is 258 Å². The van der Waals surface area contributed by atoms with Gasteiger partial charge in [0.2, 0.25) is 28.7 Å². The van der Waals surface area contributed by atoms with Gasteiger partial charge in [-0.15, -0.1) is 0 Å². The molecule has 0 aromatic rings. The second kappa shape index (κ2) is 57.2. The van der Waals surface area contributed by atoms with Crippen LogP contribution in [0.2, 0.25) is 0 Å². The molecule has 4 rings (SSSR count). The Morgan fingerprint density at radius 2 is 0.626 bits per heavy atom. The van der Waals surface area contributed by atoms with Gasteiger partial charge in [-0.25, -0.2) is 0 Å². The summed E-state index contributed by atoms with van der Waals surface area (Å²) in [5.74, 6) is 7.39. The Labute approximate surface area is 561 Å². The van der Waals surface area contributed by atoms with E-state index >= 15 is 0 Å². The second-order valence-corrected chi connectivity index (χ2v) is 28.3. The Morgan fingerprint density at radius 3 is 0.945 bits per heavy atom. The Kier molecular flexibility index (Phi) is 51.3. The number of hydrogen-bond donors (Lipinski definition) is 4. The largest absolute Gasteiger partial charge is 0.379 e. The molecule has 0 radical (unpaired) electrons. The third-order valence-electron chi connectivity index (χ3n) is 15.5. The first-order valence-corrected chi connectivity index (χ1v) is 38.7. The number of hydrogen-bond acceptors (Lipinski definition) is 22. The highest BCUT2D eigenvalue weighted by Gasteiger charge is 2.33. The lowest BCUT2D eigenvalue weighted by Crippen LogP contribution is -2.43. The van der Waals surface area contributed by atoms with E-state index in [2.05, 4.69) is 21.3 Å². The molecular formula is C65H116N4O18S4. The maximum atomic E-state index is 12.4. The van der Waals surface area contributed by atoms with Crippen molar-refractivity contribution in [3.8, 4) is 0 Å². The van der Waals surface area contributed by atoms with Gasteiger partial charge in [-0.05, 0) is 87.9 Å². The van der Waals surface area contributed by atoms with Crippen LogP contribution < -0.4 is 21.3 Å². The van der Waals surface area contributed by atoms with Crippen molar-refractivity contribution >= 4 is 81.6 Å². The summed E-state index contributed by atoms with van der Waals surface area (Å²) in [5.41, 5.74) is -0.704. The third-order valence-corrected chi connectivity index (χ3v) is 20.0. The highest BCUT2D eigenvalue weighted by atomic mass is 32.2. The van der Waals surface area contributed by atoms with Crippen LogP contribution in [0, 0.1) is 5.41 Å². The Balaban J connectivity index is 1.13. The van der Waals surface area contributed by atoms with Crippen LogP contribution in [0.1, 0.15) is 148 Å². The standard InChI is InChI=1S/C65H116N4O18S4/c70-58(18-19-63(74)69-59-23-47-91-64(59)75)14-13-27-79-31-35-83-39-43-87-54-65(51-84-40-36-80-32-28-76-24-10-4-1-7-15-60(71)66-55-20-44-88-48-55,52-85-41-37-81-33-29-77-25-11-5-2-8-16-61(72)67-56-21-45-89-49-56)53-86-42-38-82-34-30-78-26-12-6-3-9-17-62(73)68-57-22-46-90-50-57/h55-57,59H,1-54H2,(H,66,71)(H,67,72)(H,68,73)(H,69,74). The number of carbonyl (C=O) groups is 6. The molecule has 4 aliphatic heterocycles. The van der Waals surface area contributed by atoms with Crippen molar-refractivity contribution < 1.29 is 85.6 Å². The fourth-order valence-electron chi connectivity index (χ4n) is 10.2. The summed E-state index contributed by atoms with van der Waals surface area (Å²) in [6, 6.07) is 0.570. The maximum absolute atomic E-state index is 12.4. The molecular weight excluding hydrogens is 1250 g/mol. The van der Waals surface area contributed by atoms with E-state index in [9.17, 15) is 28.8 Å². The van der Waals surface area contributed by atoms with Gasteiger partial charge in [0.1, 0.15) is 5.78 Å². The number of unbranched alkanes of at least 4 members (excludes halogenated alkanes) is 9. The minimum absolute atomic E-state index is 0.0148. The normalized spacial score (nSPS) is 18.9. The molecule has 528 valence electrons. The predicted molar refractivity (Wildman–Crippen MR) is 361 cm³/mol. The molecule has 0 aliphatic carbocycles. The quantitative estimate of drug-likeness (QED) is 0.0440. The molecule has 0 bridgehead atoms. The van der Waals surface area contributed by atoms with E-state index in [0.717, 1.165) is 131 Å². The smallest absolute Gasteiger partial charge is 0.221 e. The molecule has 0 spiro atoms. The van der Waals surface area contributed by atoms with E-state index in [1.807, 2.05) is 35.3 Å². The monoisotopic (exact) mass is 1370 g/mol. The molecule has 0 saturated carbocycles. The fourth-order valence-corrected chi connectivity index (χ4v) is 14.6. The average Bonchev–Trinajstić information content (AvgIpc) is 4.60. The number of thioether (sulfide) groups is 4. The van der Waals surface area contributed by atoms with E-state index in [1.165, 1.54) is 11.8 Å². The maximum Gasteiger partial charge on any atom is 0.221 e. The zero-order chi connectivity index (χ0) is 64.6. The molecule has 0 aromatic heterocycles. The van der Waals surface area contributed by atoms with Gasteiger partial charge in [0, 0.05) is 106 Å². The molecule has 0 aromatic carbocycles. The van der Waals surface area contributed by atoms with Crippen molar-refractivity contribution in [2.45, 2.75) is 172 Å². The minimum atomic E-state index is -0.704. The first-order chi connectivity index (χ1) is 44.7. The molecule has 4 fully saturated rings. The molecule has 4 aliphatic rings. The molecule has 26 heteroatoms. The number of rotatable bonds is 64. The van der Waals surface area contributed by atoms with Crippen LogP contribution in [0.25, 0.3) is 0 Å². The van der Waals surface area contributed by atoms with Crippen LogP contribution in [0.4, 0.5) is 0 Å². The van der Waals surface area contributed by atoms with E-state index in [-0.39, 0.29) is 73.8 Å². The van der Waals surface area contributed by atoms with E-state index in [0.29, 0.717) is 195 Å². The van der Waals surface area contributed by atoms with Gasteiger partial charge >= 0.3 is 0 Å². The summed E-state index contributed by atoms with van der Waals surface area (Å²) < 4.78 is 71.7. The second-order valence-electron chi connectivity index (χ2n) is 23.7. The lowest BCUT2D eigenvalue weighted by atomic mass is 9.92.